The van der Waals surface area contributed by atoms with Gasteiger partial charge in [-0.15, -0.1) is 0 Å². The van der Waals surface area contributed by atoms with Gasteiger partial charge in [0.1, 0.15) is 5.82 Å². The molecule has 0 aliphatic rings. The van der Waals surface area contributed by atoms with Gasteiger partial charge in [0.2, 0.25) is 10.0 Å². The van der Waals surface area contributed by atoms with E-state index in [-0.39, 0.29) is 17.1 Å². The maximum absolute atomic E-state index is 14.0. The molecule has 5 nitrogen and oxygen atoms in total. The van der Waals surface area contributed by atoms with Crippen molar-refractivity contribution in [3.05, 3.63) is 59.4 Å². The minimum absolute atomic E-state index is 0.111. The third-order valence-electron chi connectivity index (χ3n) is 3.55. The van der Waals surface area contributed by atoms with Crippen LogP contribution in [0.1, 0.15) is 17.2 Å². The Kier molecular flexibility index (Phi) is 5.35. The predicted octanol–water partition coefficient (Wildman–Crippen LogP) is 2.19. The van der Waals surface area contributed by atoms with Crippen LogP contribution >= 0.6 is 0 Å². The molecule has 0 spiro atoms. The molecular formula is C16H19FN2O3S. The van der Waals surface area contributed by atoms with E-state index >= 15 is 0 Å². The Labute approximate surface area is 135 Å². The number of rotatable bonds is 6. The summed E-state index contributed by atoms with van der Waals surface area (Å²) in [4.78, 5) is -0.150. The first-order valence-corrected chi connectivity index (χ1v) is 8.54. The molecule has 0 fully saturated rings. The van der Waals surface area contributed by atoms with Gasteiger partial charge >= 0.3 is 0 Å². The lowest BCUT2D eigenvalue weighted by Gasteiger charge is -2.16. The van der Waals surface area contributed by atoms with Gasteiger partial charge in [-0.2, -0.15) is 0 Å². The zero-order chi connectivity index (χ0) is 17.0. The Balaban J connectivity index is 2.11. The minimum Gasteiger partial charge on any atom is -0.387 e. The molecule has 2 aromatic rings. The Hall–Kier alpha value is -1.96. The molecule has 0 saturated carbocycles. The van der Waals surface area contributed by atoms with Gasteiger partial charge < -0.3 is 10.4 Å². The SMILES string of the molecule is CNS(=O)(=O)c1ccc(NC[C@@H](O)c2ccccc2C)c(F)c1. The fraction of sp³-hybridized carbons (Fsp3) is 0.250. The summed E-state index contributed by atoms with van der Waals surface area (Å²) in [6, 6.07) is 11.0. The molecule has 3 N–H and O–H groups in total. The molecule has 7 heteroatoms. The van der Waals surface area contributed by atoms with E-state index in [0.717, 1.165) is 17.2 Å². The van der Waals surface area contributed by atoms with E-state index in [4.69, 9.17) is 0 Å². The quantitative estimate of drug-likeness (QED) is 0.754. The van der Waals surface area contributed by atoms with Crippen LogP contribution in [0.25, 0.3) is 0 Å². The van der Waals surface area contributed by atoms with E-state index in [9.17, 15) is 17.9 Å². The summed E-state index contributed by atoms with van der Waals surface area (Å²) in [6.45, 7) is 2.00. The lowest BCUT2D eigenvalue weighted by molar-refractivity contribution is 0.191. The highest BCUT2D eigenvalue weighted by Gasteiger charge is 2.15. The van der Waals surface area contributed by atoms with E-state index in [1.807, 2.05) is 25.1 Å². The monoisotopic (exact) mass is 338 g/mol. The molecule has 0 bridgehead atoms. The number of nitrogens with one attached hydrogen (secondary N) is 2. The van der Waals surface area contributed by atoms with Crippen molar-refractivity contribution in [2.45, 2.75) is 17.9 Å². The van der Waals surface area contributed by atoms with Crippen LogP contribution in [0.15, 0.2) is 47.4 Å². The van der Waals surface area contributed by atoms with E-state index < -0.39 is 21.9 Å². The third-order valence-corrected chi connectivity index (χ3v) is 4.96. The van der Waals surface area contributed by atoms with E-state index in [1.54, 1.807) is 6.07 Å². The molecule has 0 saturated heterocycles. The highest BCUT2D eigenvalue weighted by Crippen LogP contribution is 2.21. The van der Waals surface area contributed by atoms with Gasteiger partial charge in [0.25, 0.3) is 0 Å². The van der Waals surface area contributed by atoms with Crippen LogP contribution in [-0.2, 0) is 10.0 Å². The van der Waals surface area contributed by atoms with Gasteiger partial charge in [-0.05, 0) is 43.3 Å². The van der Waals surface area contributed by atoms with Crippen molar-refractivity contribution in [2.75, 3.05) is 18.9 Å². The largest absolute Gasteiger partial charge is 0.387 e. The second-order valence-corrected chi connectivity index (χ2v) is 6.99. The smallest absolute Gasteiger partial charge is 0.240 e. The van der Waals surface area contributed by atoms with Crippen molar-refractivity contribution in [3.8, 4) is 0 Å². The molecule has 2 aromatic carbocycles. The molecule has 0 aliphatic carbocycles. The summed E-state index contributed by atoms with van der Waals surface area (Å²) in [6.07, 6.45) is -0.795. The van der Waals surface area contributed by atoms with Crippen molar-refractivity contribution in [2.24, 2.45) is 0 Å². The number of halogens is 1. The molecule has 0 unspecified atom stereocenters. The molecule has 0 aliphatic heterocycles. The molecule has 0 heterocycles. The Morgan fingerprint density at radius 2 is 1.91 bits per heavy atom. The number of aliphatic hydroxyl groups excluding tert-OH is 1. The standard InChI is InChI=1S/C16H19FN2O3S/c1-11-5-3-4-6-13(11)16(20)10-19-15-8-7-12(9-14(15)17)23(21,22)18-2/h3-9,16,18-20H,10H2,1-2H3/t16-/m1/s1. The number of benzene rings is 2. The zero-order valence-corrected chi connectivity index (χ0v) is 13.7. The van der Waals surface area contributed by atoms with Crippen molar-refractivity contribution in [3.63, 3.8) is 0 Å². The summed E-state index contributed by atoms with van der Waals surface area (Å²) < 4.78 is 39.4. The van der Waals surface area contributed by atoms with Gasteiger partial charge in [-0.3, -0.25) is 0 Å². The number of hydrogen-bond acceptors (Lipinski definition) is 4. The van der Waals surface area contributed by atoms with Crippen LogP contribution in [0.4, 0.5) is 10.1 Å². The van der Waals surface area contributed by atoms with Gasteiger partial charge in [0.15, 0.2) is 0 Å². The van der Waals surface area contributed by atoms with Crippen molar-refractivity contribution < 1.29 is 17.9 Å². The van der Waals surface area contributed by atoms with Gasteiger partial charge in [0.05, 0.1) is 16.7 Å². The van der Waals surface area contributed by atoms with Gasteiger partial charge in [-0.1, -0.05) is 24.3 Å². The lowest BCUT2D eigenvalue weighted by Crippen LogP contribution is -2.19. The van der Waals surface area contributed by atoms with Crippen LogP contribution in [0.5, 0.6) is 0 Å². The topological polar surface area (TPSA) is 78.4 Å². The van der Waals surface area contributed by atoms with Crippen molar-refractivity contribution in [1.82, 2.24) is 4.72 Å². The van der Waals surface area contributed by atoms with Crippen LogP contribution in [0.2, 0.25) is 0 Å². The second-order valence-electron chi connectivity index (χ2n) is 5.10. The Morgan fingerprint density at radius 1 is 1.22 bits per heavy atom. The normalized spacial score (nSPS) is 12.9. The maximum atomic E-state index is 14.0. The van der Waals surface area contributed by atoms with Crippen LogP contribution < -0.4 is 10.0 Å². The maximum Gasteiger partial charge on any atom is 0.240 e. The highest BCUT2D eigenvalue weighted by molar-refractivity contribution is 7.89. The molecule has 2 rings (SSSR count). The average Bonchev–Trinajstić information content (AvgIpc) is 2.53. The summed E-state index contributed by atoms with van der Waals surface area (Å²) >= 11 is 0. The van der Waals surface area contributed by atoms with E-state index in [2.05, 4.69) is 10.0 Å². The zero-order valence-electron chi connectivity index (χ0n) is 12.9. The first-order valence-electron chi connectivity index (χ1n) is 7.05. The number of sulfonamides is 1. The first kappa shape index (κ1) is 17.4. The first-order chi connectivity index (χ1) is 10.8. The van der Waals surface area contributed by atoms with Gasteiger partial charge in [0, 0.05) is 6.54 Å². The van der Waals surface area contributed by atoms with E-state index in [1.165, 1.54) is 19.2 Å². The van der Waals surface area contributed by atoms with Crippen LogP contribution in [0, 0.1) is 12.7 Å². The third kappa shape index (κ3) is 4.07. The van der Waals surface area contributed by atoms with Crippen LogP contribution in [0.3, 0.4) is 0 Å². The molecule has 1 atom stereocenters. The molecule has 0 amide bonds. The highest BCUT2D eigenvalue weighted by atomic mass is 32.2. The summed E-state index contributed by atoms with van der Waals surface area (Å²) in [5.74, 6) is -0.696. The average molecular weight is 338 g/mol. The molecular weight excluding hydrogens is 319 g/mol. The predicted molar refractivity (Wildman–Crippen MR) is 87.3 cm³/mol. The van der Waals surface area contributed by atoms with Crippen molar-refractivity contribution >= 4 is 15.7 Å². The second kappa shape index (κ2) is 7.08. The Morgan fingerprint density at radius 3 is 2.52 bits per heavy atom. The van der Waals surface area contributed by atoms with Crippen molar-refractivity contribution in [1.29, 1.82) is 0 Å². The number of aliphatic hydroxyl groups is 1. The fourth-order valence-electron chi connectivity index (χ4n) is 2.20. The lowest BCUT2D eigenvalue weighted by atomic mass is 10.0. The molecule has 0 aromatic heterocycles. The molecule has 124 valence electrons. The van der Waals surface area contributed by atoms with E-state index in [0.29, 0.717) is 0 Å². The minimum atomic E-state index is -3.68. The number of aryl methyl sites for hydroxylation is 1. The molecule has 0 radical (unpaired) electrons. The fourth-order valence-corrected chi connectivity index (χ4v) is 2.94. The number of anilines is 1. The van der Waals surface area contributed by atoms with Gasteiger partial charge in [-0.25, -0.2) is 17.5 Å². The summed E-state index contributed by atoms with van der Waals surface area (Å²) in [5.41, 5.74) is 1.83. The summed E-state index contributed by atoms with van der Waals surface area (Å²) in [5, 5.41) is 13.0. The molecule has 23 heavy (non-hydrogen) atoms. The summed E-state index contributed by atoms with van der Waals surface area (Å²) in [7, 11) is -2.42. The Bertz CT molecular complexity index is 794. The number of hydrogen-bond donors (Lipinski definition) is 3. The van der Waals surface area contributed by atoms with Crippen LogP contribution in [-0.4, -0.2) is 27.1 Å².